The van der Waals surface area contributed by atoms with Gasteiger partial charge in [-0.2, -0.15) is 4.68 Å². The molecule has 4 rings (SSSR count). The number of amides is 2. The zero-order valence-corrected chi connectivity index (χ0v) is 18.8. The highest BCUT2D eigenvalue weighted by Gasteiger charge is 2.25. The van der Waals surface area contributed by atoms with Gasteiger partial charge >= 0.3 is 6.03 Å². The number of anilines is 2. The van der Waals surface area contributed by atoms with Gasteiger partial charge in [-0.1, -0.05) is 12.1 Å². The van der Waals surface area contributed by atoms with Crippen LogP contribution >= 0.6 is 0 Å². The Hall–Kier alpha value is -2.87. The molecule has 166 valence electrons. The summed E-state index contributed by atoms with van der Waals surface area (Å²) in [5.74, 6) is 0.365. The van der Waals surface area contributed by atoms with Gasteiger partial charge in [0, 0.05) is 77.7 Å². The molecule has 0 bridgehead atoms. The van der Waals surface area contributed by atoms with Gasteiger partial charge in [0.15, 0.2) is 5.82 Å². The first-order valence-electron chi connectivity index (χ1n) is 11.1. The van der Waals surface area contributed by atoms with E-state index in [9.17, 15) is 9.59 Å². The van der Waals surface area contributed by atoms with Crippen molar-refractivity contribution in [2.45, 2.75) is 33.2 Å². The van der Waals surface area contributed by atoms with E-state index < -0.39 is 0 Å². The van der Waals surface area contributed by atoms with E-state index in [1.54, 1.807) is 19.3 Å². The van der Waals surface area contributed by atoms with Crippen molar-refractivity contribution in [3.8, 4) is 0 Å². The van der Waals surface area contributed by atoms with Crippen molar-refractivity contribution < 1.29 is 9.59 Å². The third-order valence-electron chi connectivity index (χ3n) is 6.31. The Balaban J connectivity index is 1.36. The van der Waals surface area contributed by atoms with Crippen LogP contribution in [0.1, 0.15) is 30.9 Å². The Bertz CT molecular complexity index is 941. The average Bonchev–Trinajstić information content (AvgIpc) is 3.47. The lowest BCUT2D eigenvalue weighted by Crippen LogP contribution is -2.49. The number of hydrogen-bond donors (Lipinski definition) is 0. The summed E-state index contributed by atoms with van der Waals surface area (Å²) in [4.78, 5) is 32.5. The second-order valence-corrected chi connectivity index (χ2v) is 8.57. The van der Waals surface area contributed by atoms with Gasteiger partial charge in [-0.15, -0.1) is 5.10 Å². The molecule has 2 amide bonds. The molecule has 0 aliphatic carbocycles. The predicted octanol–water partition coefficient (Wildman–Crippen LogP) is 2.56. The van der Waals surface area contributed by atoms with Crippen molar-refractivity contribution in [3.63, 3.8) is 0 Å². The standard InChI is InChI=1S/C23H32N6O2/c1-18-6-7-20(21(16-18)27-9-4-5-10-27)17-26-12-14-28(15-13-26)23(31)29-11-8-22(24-29)25(3)19(2)30/h6-8,11,16H,4-5,9-10,12-15,17H2,1-3H3. The lowest BCUT2D eigenvalue weighted by Gasteiger charge is -2.35. The minimum absolute atomic E-state index is 0.115. The first-order chi connectivity index (χ1) is 14.9. The molecule has 2 aliphatic heterocycles. The van der Waals surface area contributed by atoms with Crippen LogP contribution in [0.4, 0.5) is 16.3 Å². The van der Waals surface area contributed by atoms with E-state index in [0.717, 1.165) is 32.7 Å². The molecule has 2 aromatic rings. The smallest absolute Gasteiger partial charge is 0.344 e. The Morgan fingerprint density at radius 3 is 2.42 bits per heavy atom. The largest absolute Gasteiger partial charge is 0.371 e. The number of aromatic nitrogens is 2. The Morgan fingerprint density at radius 1 is 1.03 bits per heavy atom. The maximum Gasteiger partial charge on any atom is 0.344 e. The molecule has 0 saturated carbocycles. The number of aryl methyl sites for hydroxylation is 1. The van der Waals surface area contributed by atoms with E-state index in [4.69, 9.17) is 0 Å². The molecule has 2 aliphatic rings. The van der Waals surface area contributed by atoms with Crippen LogP contribution in [-0.4, -0.2) is 77.8 Å². The van der Waals surface area contributed by atoms with Crippen LogP contribution in [0.15, 0.2) is 30.5 Å². The van der Waals surface area contributed by atoms with E-state index in [0.29, 0.717) is 18.9 Å². The van der Waals surface area contributed by atoms with Gasteiger partial charge in [-0.3, -0.25) is 14.6 Å². The lowest BCUT2D eigenvalue weighted by molar-refractivity contribution is -0.116. The second kappa shape index (κ2) is 9.09. The number of hydrogen-bond acceptors (Lipinski definition) is 5. The number of nitrogens with zero attached hydrogens (tertiary/aromatic N) is 6. The molecule has 0 radical (unpaired) electrons. The maximum absolute atomic E-state index is 12.8. The van der Waals surface area contributed by atoms with Crippen molar-refractivity contribution in [1.82, 2.24) is 19.6 Å². The molecule has 0 N–H and O–H groups in total. The molecule has 1 aromatic carbocycles. The number of carbonyl (C=O) groups excluding carboxylic acids is 2. The minimum atomic E-state index is -0.143. The molecular formula is C23H32N6O2. The Kier molecular flexibility index (Phi) is 6.27. The fraction of sp³-hybridized carbons (Fsp3) is 0.522. The lowest BCUT2D eigenvalue weighted by atomic mass is 10.1. The highest BCUT2D eigenvalue weighted by molar-refractivity contribution is 5.90. The molecular weight excluding hydrogens is 392 g/mol. The number of carbonyl (C=O) groups is 2. The zero-order chi connectivity index (χ0) is 22.0. The van der Waals surface area contributed by atoms with E-state index in [1.165, 1.54) is 46.2 Å². The van der Waals surface area contributed by atoms with E-state index in [1.807, 2.05) is 4.90 Å². The molecule has 0 atom stereocenters. The minimum Gasteiger partial charge on any atom is -0.371 e. The topological polar surface area (TPSA) is 64.9 Å². The summed E-state index contributed by atoms with van der Waals surface area (Å²) >= 11 is 0. The molecule has 0 unspecified atom stereocenters. The zero-order valence-electron chi connectivity index (χ0n) is 18.8. The SMILES string of the molecule is CC(=O)N(C)c1ccn(C(=O)N2CCN(Cc3ccc(C)cc3N3CCCC3)CC2)n1. The fourth-order valence-electron chi connectivity index (χ4n) is 4.30. The van der Waals surface area contributed by atoms with Gasteiger partial charge in [0.2, 0.25) is 5.91 Å². The monoisotopic (exact) mass is 424 g/mol. The summed E-state index contributed by atoms with van der Waals surface area (Å²) in [6, 6.07) is 8.32. The summed E-state index contributed by atoms with van der Waals surface area (Å²) in [7, 11) is 1.65. The van der Waals surface area contributed by atoms with Crippen LogP contribution in [-0.2, 0) is 11.3 Å². The normalized spacial score (nSPS) is 17.3. The predicted molar refractivity (Wildman–Crippen MR) is 122 cm³/mol. The summed E-state index contributed by atoms with van der Waals surface area (Å²) < 4.78 is 1.33. The van der Waals surface area contributed by atoms with Crippen molar-refractivity contribution >= 4 is 23.4 Å². The molecule has 2 saturated heterocycles. The van der Waals surface area contributed by atoms with Gasteiger partial charge in [0.1, 0.15) is 0 Å². The summed E-state index contributed by atoms with van der Waals surface area (Å²) in [5.41, 5.74) is 4.04. The van der Waals surface area contributed by atoms with Crippen molar-refractivity contribution in [2.75, 3.05) is 56.1 Å². The van der Waals surface area contributed by atoms with E-state index in [-0.39, 0.29) is 11.9 Å². The summed E-state index contributed by atoms with van der Waals surface area (Å²) in [6.45, 7) is 9.83. The molecule has 3 heterocycles. The van der Waals surface area contributed by atoms with Crippen molar-refractivity contribution in [2.24, 2.45) is 0 Å². The van der Waals surface area contributed by atoms with Crippen LogP contribution in [0.3, 0.4) is 0 Å². The fourth-order valence-corrected chi connectivity index (χ4v) is 4.30. The first-order valence-corrected chi connectivity index (χ1v) is 11.1. The second-order valence-electron chi connectivity index (χ2n) is 8.57. The molecule has 8 heteroatoms. The third-order valence-corrected chi connectivity index (χ3v) is 6.31. The summed E-state index contributed by atoms with van der Waals surface area (Å²) in [5, 5.41) is 4.27. The first kappa shape index (κ1) is 21.4. The molecule has 2 fully saturated rings. The molecule has 1 aromatic heterocycles. The van der Waals surface area contributed by atoms with Gasteiger partial charge in [-0.25, -0.2) is 4.79 Å². The van der Waals surface area contributed by atoms with Crippen LogP contribution in [0.5, 0.6) is 0 Å². The van der Waals surface area contributed by atoms with E-state index >= 15 is 0 Å². The van der Waals surface area contributed by atoms with Crippen molar-refractivity contribution in [1.29, 1.82) is 0 Å². The molecule has 31 heavy (non-hydrogen) atoms. The molecule has 0 spiro atoms. The van der Waals surface area contributed by atoms with Gasteiger partial charge < -0.3 is 9.80 Å². The number of rotatable bonds is 4. The van der Waals surface area contributed by atoms with E-state index in [2.05, 4.69) is 40.0 Å². The number of benzene rings is 1. The van der Waals surface area contributed by atoms with Gasteiger partial charge in [0.25, 0.3) is 0 Å². The van der Waals surface area contributed by atoms with Crippen LogP contribution < -0.4 is 9.80 Å². The van der Waals surface area contributed by atoms with Crippen LogP contribution in [0.25, 0.3) is 0 Å². The van der Waals surface area contributed by atoms with Gasteiger partial charge in [-0.05, 0) is 37.0 Å². The maximum atomic E-state index is 12.8. The Labute approximate surface area is 184 Å². The van der Waals surface area contributed by atoms with Gasteiger partial charge in [0.05, 0.1) is 0 Å². The van der Waals surface area contributed by atoms with Crippen LogP contribution in [0, 0.1) is 6.92 Å². The average molecular weight is 425 g/mol. The highest BCUT2D eigenvalue weighted by atomic mass is 16.2. The Morgan fingerprint density at radius 2 is 1.74 bits per heavy atom. The van der Waals surface area contributed by atoms with Crippen molar-refractivity contribution in [3.05, 3.63) is 41.6 Å². The van der Waals surface area contributed by atoms with Crippen LogP contribution in [0.2, 0.25) is 0 Å². The third kappa shape index (κ3) is 4.74. The number of piperazine rings is 1. The highest BCUT2D eigenvalue weighted by Crippen LogP contribution is 2.27. The quantitative estimate of drug-likeness (QED) is 0.755. The summed E-state index contributed by atoms with van der Waals surface area (Å²) in [6.07, 6.45) is 4.16. The molecule has 8 nitrogen and oxygen atoms in total.